The van der Waals surface area contributed by atoms with Crippen LogP contribution in [0.4, 0.5) is 5.69 Å². The minimum absolute atomic E-state index is 0.0846. The zero-order chi connectivity index (χ0) is 12.0. The molecule has 0 saturated heterocycles. The molecule has 0 heterocycles. The highest BCUT2D eigenvalue weighted by Crippen LogP contribution is 2.13. The smallest absolute Gasteiger partial charge is 0.253 e. The van der Waals surface area contributed by atoms with E-state index >= 15 is 0 Å². The molecule has 1 amide bonds. The maximum absolute atomic E-state index is 11.7. The summed E-state index contributed by atoms with van der Waals surface area (Å²) in [4.78, 5) is 11.7. The van der Waals surface area contributed by atoms with Crippen LogP contribution in [0.25, 0.3) is 0 Å². The molecule has 4 heteroatoms. The summed E-state index contributed by atoms with van der Waals surface area (Å²) >= 11 is 1.78. The Morgan fingerprint density at radius 2 is 2.25 bits per heavy atom. The summed E-state index contributed by atoms with van der Waals surface area (Å²) in [5.74, 6) is 0.975. The van der Waals surface area contributed by atoms with Crippen LogP contribution in [0.1, 0.15) is 22.3 Å². The highest BCUT2D eigenvalue weighted by Gasteiger charge is 2.08. The summed E-state index contributed by atoms with van der Waals surface area (Å²) < 4.78 is 0. The summed E-state index contributed by atoms with van der Waals surface area (Å²) in [5, 5.41) is 2.86. The maximum Gasteiger partial charge on any atom is 0.253 e. The lowest BCUT2D eigenvalue weighted by molar-refractivity contribution is 0.0954. The average Bonchev–Trinajstić information content (AvgIpc) is 2.24. The second-order valence-electron chi connectivity index (χ2n) is 3.69. The van der Waals surface area contributed by atoms with Gasteiger partial charge in [-0.3, -0.25) is 4.79 Å². The third-order valence-electron chi connectivity index (χ3n) is 2.26. The summed E-state index contributed by atoms with van der Waals surface area (Å²) in [6, 6.07) is 5.48. The number of nitrogens with one attached hydrogen (secondary N) is 1. The molecule has 0 spiro atoms. The topological polar surface area (TPSA) is 55.1 Å². The maximum atomic E-state index is 11.7. The van der Waals surface area contributed by atoms with Crippen molar-refractivity contribution < 1.29 is 4.79 Å². The van der Waals surface area contributed by atoms with Crippen molar-refractivity contribution in [2.75, 3.05) is 24.3 Å². The number of benzene rings is 1. The van der Waals surface area contributed by atoms with E-state index in [1.54, 1.807) is 17.8 Å². The van der Waals surface area contributed by atoms with E-state index in [9.17, 15) is 4.79 Å². The number of hydrogen-bond acceptors (Lipinski definition) is 3. The van der Waals surface area contributed by atoms with Crippen LogP contribution in [0, 0.1) is 6.92 Å². The molecule has 0 atom stereocenters. The predicted octanol–water partition coefficient (Wildman–Crippen LogP) is 2.06. The van der Waals surface area contributed by atoms with Gasteiger partial charge < -0.3 is 11.1 Å². The molecule has 3 nitrogen and oxygen atoms in total. The van der Waals surface area contributed by atoms with Gasteiger partial charge in [-0.1, -0.05) is 6.07 Å². The molecule has 1 aromatic rings. The third-order valence-corrected chi connectivity index (χ3v) is 2.96. The average molecular weight is 238 g/mol. The van der Waals surface area contributed by atoms with E-state index in [4.69, 9.17) is 5.73 Å². The second-order valence-corrected chi connectivity index (χ2v) is 4.68. The lowest BCUT2D eigenvalue weighted by atomic mass is 10.1. The molecule has 0 saturated carbocycles. The molecule has 0 radical (unpaired) electrons. The van der Waals surface area contributed by atoms with Crippen molar-refractivity contribution in [3.05, 3.63) is 29.3 Å². The van der Waals surface area contributed by atoms with Gasteiger partial charge in [0.15, 0.2) is 0 Å². The van der Waals surface area contributed by atoms with Crippen molar-refractivity contribution in [2.45, 2.75) is 13.3 Å². The van der Waals surface area contributed by atoms with E-state index in [1.807, 2.05) is 19.1 Å². The normalized spacial score (nSPS) is 10.1. The van der Waals surface area contributed by atoms with Gasteiger partial charge >= 0.3 is 0 Å². The molecular formula is C12H18N2OS. The van der Waals surface area contributed by atoms with Crippen molar-refractivity contribution in [2.24, 2.45) is 0 Å². The van der Waals surface area contributed by atoms with Crippen LogP contribution in [0.15, 0.2) is 18.2 Å². The second kappa shape index (κ2) is 6.43. The highest BCUT2D eigenvalue weighted by molar-refractivity contribution is 7.98. The third kappa shape index (κ3) is 3.77. The molecule has 0 fully saturated rings. The molecule has 1 rings (SSSR count). The minimum atomic E-state index is -0.0846. The summed E-state index contributed by atoms with van der Waals surface area (Å²) in [6.07, 6.45) is 3.04. The summed E-state index contributed by atoms with van der Waals surface area (Å²) in [7, 11) is 0. The lowest BCUT2D eigenvalue weighted by Gasteiger charge is -2.07. The number of anilines is 1. The Labute approximate surface area is 101 Å². The van der Waals surface area contributed by atoms with Crippen molar-refractivity contribution in [1.29, 1.82) is 0 Å². The summed E-state index contributed by atoms with van der Waals surface area (Å²) in [6.45, 7) is 2.66. The van der Waals surface area contributed by atoms with Crippen molar-refractivity contribution in [1.82, 2.24) is 5.32 Å². The SMILES string of the molecule is CSCCCNC(=O)c1ccc(C)cc1N. The molecule has 88 valence electrons. The van der Waals surface area contributed by atoms with E-state index in [0.29, 0.717) is 17.8 Å². The van der Waals surface area contributed by atoms with Gasteiger partial charge in [0.2, 0.25) is 0 Å². The number of carbonyl (C=O) groups excluding carboxylic acids is 1. The van der Waals surface area contributed by atoms with Crippen molar-refractivity contribution >= 4 is 23.4 Å². The summed E-state index contributed by atoms with van der Waals surface area (Å²) in [5.41, 5.74) is 7.96. The van der Waals surface area contributed by atoms with Crippen LogP contribution in [-0.2, 0) is 0 Å². The zero-order valence-electron chi connectivity index (χ0n) is 9.75. The molecule has 0 unspecified atom stereocenters. The molecule has 3 N–H and O–H groups in total. The van der Waals surface area contributed by atoms with Gasteiger partial charge in [0.1, 0.15) is 0 Å². The number of nitrogens with two attached hydrogens (primary N) is 1. The standard InChI is InChI=1S/C12H18N2OS/c1-9-4-5-10(11(13)8-9)12(15)14-6-3-7-16-2/h4-5,8H,3,6-7,13H2,1-2H3,(H,14,15). The molecule has 0 aromatic heterocycles. The van der Waals surface area contributed by atoms with E-state index in [1.165, 1.54) is 0 Å². The Bertz CT molecular complexity index is 366. The quantitative estimate of drug-likeness (QED) is 0.610. The van der Waals surface area contributed by atoms with E-state index < -0.39 is 0 Å². The molecule has 0 aliphatic rings. The number of thioether (sulfide) groups is 1. The van der Waals surface area contributed by atoms with Crippen LogP contribution < -0.4 is 11.1 Å². The Balaban J connectivity index is 2.53. The number of aryl methyl sites for hydroxylation is 1. The van der Waals surface area contributed by atoms with Crippen LogP contribution in [-0.4, -0.2) is 24.5 Å². The first kappa shape index (κ1) is 12.9. The van der Waals surface area contributed by atoms with Gasteiger partial charge in [0.05, 0.1) is 5.56 Å². The van der Waals surface area contributed by atoms with Gasteiger partial charge in [-0.25, -0.2) is 0 Å². The Morgan fingerprint density at radius 1 is 1.50 bits per heavy atom. The van der Waals surface area contributed by atoms with Crippen LogP contribution in [0.5, 0.6) is 0 Å². The lowest BCUT2D eigenvalue weighted by Crippen LogP contribution is -2.25. The Hall–Kier alpha value is -1.16. The van der Waals surface area contributed by atoms with Gasteiger partial charge in [-0.05, 0) is 43.0 Å². The van der Waals surface area contributed by atoms with Gasteiger partial charge in [-0.2, -0.15) is 11.8 Å². The fraction of sp³-hybridized carbons (Fsp3) is 0.417. The predicted molar refractivity (Wildman–Crippen MR) is 70.9 cm³/mol. The zero-order valence-corrected chi connectivity index (χ0v) is 10.6. The van der Waals surface area contributed by atoms with Crippen LogP contribution in [0.3, 0.4) is 0 Å². The van der Waals surface area contributed by atoms with E-state index in [2.05, 4.69) is 11.6 Å². The first-order valence-electron chi connectivity index (χ1n) is 5.28. The number of nitrogen functional groups attached to an aromatic ring is 1. The molecule has 0 bridgehead atoms. The molecule has 1 aromatic carbocycles. The van der Waals surface area contributed by atoms with Crippen LogP contribution >= 0.6 is 11.8 Å². The number of hydrogen-bond donors (Lipinski definition) is 2. The molecule has 16 heavy (non-hydrogen) atoms. The molecule has 0 aliphatic heterocycles. The van der Waals surface area contributed by atoms with Gasteiger partial charge in [0.25, 0.3) is 5.91 Å². The van der Waals surface area contributed by atoms with E-state index in [0.717, 1.165) is 17.7 Å². The first-order chi connectivity index (χ1) is 7.65. The van der Waals surface area contributed by atoms with Crippen molar-refractivity contribution in [3.63, 3.8) is 0 Å². The van der Waals surface area contributed by atoms with Gasteiger partial charge in [0, 0.05) is 12.2 Å². The van der Waals surface area contributed by atoms with Gasteiger partial charge in [-0.15, -0.1) is 0 Å². The Kier molecular flexibility index (Phi) is 5.19. The largest absolute Gasteiger partial charge is 0.398 e. The van der Waals surface area contributed by atoms with E-state index in [-0.39, 0.29) is 5.91 Å². The minimum Gasteiger partial charge on any atom is -0.398 e. The highest BCUT2D eigenvalue weighted by atomic mass is 32.2. The molecule has 0 aliphatic carbocycles. The number of rotatable bonds is 5. The van der Waals surface area contributed by atoms with Crippen LogP contribution in [0.2, 0.25) is 0 Å². The number of amides is 1. The first-order valence-corrected chi connectivity index (χ1v) is 6.68. The molecular weight excluding hydrogens is 220 g/mol. The fourth-order valence-corrected chi connectivity index (χ4v) is 1.84. The monoisotopic (exact) mass is 238 g/mol. The van der Waals surface area contributed by atoms with Crippen molar-refractivity contribution in [3.8, 4) is 0 Å². The Morgan fingerprint density at radius 3 is 2.88 bits per heavy atom. The number of carbonyl (C=O) groups is 1. The fourth-order valence-electron chi connectivity index (χ4n) is 1.40.